The monoisotopic (exact) mass is 785 g/mol. The van der Waals surface area contributed by atoms with Gasteiger partial charge in [-0.3, -0.25) is 14.4 Å². The highest BCUT2D eigenvalue weighted by molar-refractivity contribution is 6.39. The van der Waals surface area contributed by atoms with Gasteiger partial charge in [0.05, 0.1) is 18.3 Å². The molecule has 3 N–H and O–H groups in total. The van der Waals surface area contributed by atoms with Crippen LogP contribution in [-0.2, 0) is 38.1 Å². The summed E-state index contributed by atoms with van der Waals surface area (Å²) in [5.74, 6) is -7.39. The molecular weight excluding hydrogens is 718 g/mol. The van der Waals surface area contributed by atoms with Crippen molar-refractivity contribution < 1.29 is 53.4 Å². The molecule has 12 heteroatoms. The summed E-state index contributed by atoms with van der Waals surface area (Å²) in [5.41, 5.74) is 1.74. The van der Waals surface area contributed by atoms with Crippen molar-refractivity contribution in [3.63, 3.8) is 0 Å². The van der Waals surface area contributed by atoms with Crippen LogP contribution < -0.4 is 0 Å². The number of methoxy groups -OCH3 is 2. The summed E-state index contributed by atoms with van der Waals surface area (Å²) in [5, 5.41) is 32.3. The molecule has 1 amide bonds. The Labute approximate surface area is 333 Å². The number of carbonyl (C=O) groups excluding carboxylic acids is 4. The minimum atomic E-state index is -2.49. The summed E-state index contributed by atoms with van der Waals surface area (Å²) in [4.78, 5) is 57.6. The molecule has 0 aromatic carbocycles. The van der Waals surface area contributed by atoms with E-state index in [9.17, 15) is 34.5 Å². The molecule has 1 saturated carbocycles. The van der Waals surface area contributed by atoms with Crippen LogP contribution in [0.25, 0.3) is 0 Å². The van der Waals surface area contributed by atoms with Crippen LogP contribution in [0.3, 0.4) is 0 Å². The van der Waals surface area contributed by atoms with E-state index >= 15 is 0 Å². The number of hydrogen-bond donors (Lipinski definition) is 3. The highest BCUT2D eigenvalue weighted by Gasteiger charge is 2.56. The van der Waals surface area contributed by atoms with Gasteiger partial charge in [-0.15, -0.1) is 6.58 Å². The first kappa shape index (κ1) is 45.7. The third-order valence-electron chi connectivity index (χ3n) is 12.5. The molecule has 0 unspecified atom stereocenters. The van der Waals surface area contributed by atoms with Crippen molar-refractivity contribution >= 4 is 23.4 Å². The van der Waals surface area contributed by atoms with Gasteiger partial charge in [0.15, 0.2) is 5.78 Å². The van der Waals surface area contributed by atoms with E-state index in [2.05, 4.69) is 13.5 Å². The van der Waals surface area contributed by atoms with Crippen molar-refractivity contribution in [3.8, 4) is 0 Å². The summed E-state index contributed by atoms with van der Waals surface area (Å²) >= 11 is 0. The molecule has 1 aliphatic carbocycles. The number of ketones is 2. The predicted molar refractivity (Wildman–Crippen MR) is 211 cm³/mol. The molecule has 4 rings (SSSR count). The Kier molecular flexibility index (Phi) is 16.8. The van der Waals surface area contributed by atoms with Crippen molar-refractivity contribution in [2.24, 2.45) is 35.5 Å². The number of Topliss-reactive ketones (excluding diaryl/α,β-unsaturated/α-hetero) is 1. The van der Waals surface area contributed by atoms with E-state index in [0.29, 0.717) is 51.4 Å². The molecule has 12 nitrogen and oxygen atoms in total. The van der Waals surface area contributed by atoms with Crippen LogP contribution in [0.2, 0.25) is 0 Å². The number of aliphatic hydroxyl groups excluding tert-OH is 2. The summed E-state index contributed by atoms with van der Waals surface area (Å²) in [6.07, 6.45) is 10.6. The Balaban J connectivity index is 1.78. The smallest absolute Gasteiger partial charge is 0.329 e. The van der Waals surface area contributed by atoms with Gasteiger partial charge in [0.25, 0.3) is 11.7 Å². The number of nitrogens with zero attached hydrogens (tertiary/aromatic N) is 1. The topological polar surface area (TPSA) is 169 Å². The van der Waals surface area contributed by atoms with Crippen LogP contribution in [0.4, 0.5) is 0 Å². The fraction of sp³-hybridized carbons (Fsp3) is 0.727. The van der Waals surface area contributed by atoms with Gasteiger partial charge in [0.2, 0.25) is 5.79 Å². The van der Waals surface area contributed by atoms with E-state index in [1.165, 1.54) is 19.1 Å². The van der Waals surface area contributed by atoms with Gasteiger partial charge < -0.3 is 39.2 Å². The van der Waals surface area contributed by atoms with Crippen molar-refractivity contribution in [2.75, 3.05) is 27.4 Å². The zero-order valence-corrected chi connectivity index (χ0v) is 34.6. The van der Waals surface area contributed by atoms with Crippen molar-refractivity contribution in [1.82, 2.24) is 4.90 Å². The van der Waals surface area contributed by atoms with Crippen LogP contribution in [0.1, 0.15) is 98.8 Å². The second-order valence-corrected chi connectivity index (χ2v) is 17.0. The van der Waals surface area contributed by atoms with Gasteiger partial charge in [0, 0.05) is 51.0 Å². The number of hydrogen-bond acceptors (Lipinski definition) is 11. The lowest BCUT2D eigenvalue weighted by molar-refractivity contribution is -0.302. The SMILES string of the molecule is C=CC[C@@H]1C=C(C)C[C@H](C)C[C@H](OC)[C@H]2O[C@@](O)(C(=O)C(=O)N3CCCC[C@H]3C(=O)O[C@H](C(C)=C[C@@H]3CC[C@@H](O)[C@H](CO)C3)[C@@H](C)C=CC1=O)[C@H](C)C[C@@H]2OC. The number of rotatable bonds is 7. The minimum absolute atomic E-state index is 0.0209. The number of aliphatic hydroxyl groups is 3. The molecule has 4 aliphatic rings. The van der Waals surface area contributed by atoms with E-state index in [1.807, 2.05) is 32.9 Å². The Morgan fingerprint density at radius 3 is 2.39 bits per heavy atom. The number of piperidine rings is 1. The van der Waals surface area contributed by atoms with Crippen LogP contribution in [0, 0.1) is 35.5 Å². The first-order chi connectivity index (χ1) is 26.6. The number of esters is 1. The average Bonchev–Trinajstić information content (AvgIpc) is 3.18. The Morgan fingerprint density at radius 2 is 1.73 bits per heavy atom. The normalized spacial score (nSPS) is 38.9. The number of allylic oxidation sites excluding steroid dienone is 5. The highest BCUT2D eigenvalue weighted by atomic mass is 16.7. The molecule has 3 heterocycles. The molecule has 314 valence electrons. The molecule has 0 radical (unpaired) electrons. The second-order valence-electron chi connectivity index (χ2n) is 17.0. The van der Waals surface area contributed by atoms with Gasteiger partial charge in [0.1, 0.15) is 18.2 Å². The van der Waals surface area contributed by atoms with Crippen molar-refractivity contribution in [1.29, 1.82) is 0 Å². The van der Waals surface area contributed by atoms with Crippen molar-refractivity contribution in [2.45, 2.75) is 141 Å². The maximum Gasteiger partial charge on any atom is 0.329 e. The maximum atomic E-state index is 14.2. The fourth-order valence-electron chi connectivity index (χ4n) is 9.21. The highest BCUT2D eigenvalue weighted by Crippen LogP contribution is 2.39. The van der Waals surface area contributed by atoms with E-state index in [-0.39, 0.29) is 49.5 Å². The lowest BCUT2D eigenvalue weighted by Gasteiger charge is -2.47. The minimum Gasteiger partial charge on any atom is -0.456 e. The summed E-state index contributed by atoms with van der Waals surface area (Å²) in [6.45, 7) is 13.3. The fourth-order valence-corrected chi connectivity index (χ4v) is 9.21. The van der Waals surface area contributed by atoms with E-state index in [0.717, 1.165) is 11.1 Å². The predicted octanol–water partition coefficient (Wildman–Crippen LogP) is 5.04. The molecule has 56 heavy (non-hydrogen) atoms. The molecular formula is C44H67NO11. The molecule has 13 atom stereocenters. The Morgan fingerprint density at radius 1 is 1.04 bits per heavy atom. The Hall–Kier alpha value is -3.00. The van der Waals surface area contributed by atoms with E-state index in [4.69, 9.17) is 18.9 Å². The third-order valence-corrected chi connectivity index (χ3v) is 12.5. The summed E-state index contributed by atoms with van der Waals surface area (Å²) in [7, 11) is 3.07. The zero-order valence-electron chi connectivity index (χ0n) is 34.6. The molecule has 3 aliphatic heterocycles. The standard InChI is InChI=1S/C44H67NO11/c1-9-12-32-20-26(2)19-27(3)21-37(53-7)40-38(54-8)23-30(6)44(52,56-40)41(49)42(50)45-18-11-10-13-34(45)43(51)55-39(28(4)14-16-35(32)47)29(5)22-31-15-17-36(48)33(24-31)25-46/h9,14,16,20,22,27-28,30-34,36-40,46,48,52H,1,10-13,15,17-19,21,23-25H2,2-8H3/t27-,28-,30+,31-,32+,33-,34-,36+,37-,38-,39-,40+,44+/m0/s1. The average molecular weight is 786 g/mol. The molecule has 0 spiro atoms. The second kappa shape index (κ2) is 20.6. The lowest BCUT2D eigenvalue weighted by Crippen LogP contribution is -2.64. The molecule has 0 aromatic rings. The molecule has 2 bridgehead atoms. The van der Waals surface area contributed by atoms with E-state index < -0.39 is 77.8 Å². The number of carbonyl (C=O) groups is 4. The van der Waals surface area contributed by atoms with Crippen LogP contribution in [0.15, 0.2) is 48.1 Å². The number of cyclic esters (lactones) is 1. The third kappa shape index (κ3) is 10.9. The number of fused-ring (bicyclic) bond motifs is 3. The molecule has 3 fully saturated rings. The first-order valence-electron chi connectivity index (χ1n) is 20.6. The van der Waals surface area contributed by atoms with Gasteiger partial charge >= 0.3 is 5.97 Å². The van der Waals surface area contributed by atoms with Gasteiger partial charge in [-0.25, -0.2) is 4.79 Å². The number of amides is 1. The molecule has 2 saturated heterocycles. The van der Waals surface area contributed by atoms with Gasteiger partial charge in [-0.1, -0.05) is 50.6 Å². The summed E-state index contributed by atoms with van der Waals surface area (Å²) in [6, 6.07) is -1.09. The van der Waals surface area contributed by atoms with Crippen LogP contribution >= 0.6 is 0 Å². The molecule has 0 aromatic heterocycles. The Bertz CT molecular complexity index is 1490. The summed E-state index contributed by atoms with van der Waals surface area (Å²) < 4.78 is 24.2. The van der Waals surface area contributed by atoms with Crippen molar-refractivity contribution in [3.05, 3.63) is 48.1 Å². The number of ether oxygens (including phenoxy) is 4. The quantitative estimate of drug-likeness (QED) is 0.180. The lowest BCUT2D eigenvalue weighted by atomic mass is 9.78. The van der Waals surface area contributed by atoms with Gasteiger partial charge in [-0.05, 0) is 102 Å². The maximum absolute atomic E-state index is 14.2. The van der Waals surface area contributed by atoms with Crippen LogP contribution in [-0.4, -0.2) is 113 Å². The van der Waals surface area contributed by atoms with Crippen LogP contribution in [0.5, 0.6) is 0 Å². The largest absolute Gasteiger partial charge is 0.456 e. The van der Waals surface area contributed by atoms with Gasteiger partial charge in [-0.2, -0.15) is 0 Å². The zero-order chi connectivity index (χ0) is 41.3. The van der Waals surface area contributed by atoms with E-state index in [1.54, 1.807) is 25.2 Å². The first-order valence-corrected chi connectivity index (χ1v) is 20.6.